The Kier molecular flexibility index (Phi) is 4.08. The number of hydrogen-bond acceptors (Lipinski definition) is 4. The third-order valence-electron chi connectivity index (χ3n) is 4.54. The van der Waals surface area contributed by atoms with Gasteiger partial charge in [-0.25, -0.2) is 4.98 Å². The van der Waals surface area contributed by atoms with Crippen LogP contribution in [0.25, 0.3) is 16.2 Å². The van der Waals surface area contributed by atoms with Crippen molar-refractivity contribution >= 4 is 27.9 Å². The molecule has 2 aromatic heterocycles. The Morgan fingerprint density at radius 3 is 2.92 bits per heavy atom. The number of nitrogens with one attached hydrogen (secondary N) is 1. The van der Waals surface area contributed by atoms with Gasteiger partial charge < -0.3 is 10.2 Å². The van der Waals surface area contributed by atoms with Crippen LogP contribution in [0.3, 0.4) is 0 Å². The van der Waals surface area contributed by atoms with Crippen LogP contribution < -0.4 is 5.32 Å². The summed E-state index contributed by atoms with van der Waals surface area (Å²) in [4.78, 5) is 20.2. The van der Waals surface area contributed by atoms with Gasteiger partial charge in [0.15, 0.2) is 4.96 Å². The number of fused-ring (bicyclic) bond motifs is 1. The number of amides is 1. The zero-order chi connectivity index (χ0) is 16.5. The van der Waals surface area contributed by atoms with Gasteiger partial charge in [-0.1, -0.05) is 12.1 Å². The Morgan fingerprint density at radius 1 is 1.33 bits per heavy atom. The van der Waals surface area contributed by atoms with E-state index in [4.69, 9.17) is 0 Å². The van der Waals surface area contributed by atoms with Crippen LogP contribution in [0.4, 0.5) is 5.69 Å². The lowest BCUT2D eigenvalue weighted by atomic mass is 9.97. The van der Waals surface area contributed by atoms with Gasteiger partial charge in [0.2, 0.25) is 5.91 Å². The third-order valence-corrected chi connectivity index (χ3v) is 5.31. The van der Waals surface area contributed by atoms with Gasteiger partial charge >= 0.3 is 0 Å². The summed E-state index contributed by atoms with van der Waals surface area (Å²) in [5, 5.41) is 5.06. The van der Waals surface area contributed by atoms with Crippen LogP contribution in [-0.2, 0) is 4.79 Å². The molecule has 1 amide bonds. The lowest BCUT2D eigenvalue weighted by Crippen LogP contribution is -2.38. The second-order valence-electron chi connectivity index (χ2n) is 6.39. The van der Waals surface area contributed by atoms with E-state index in [2.05, 4.69) is 22.2 Å². The molecule has 6 heteroatoms. The van der Waals surface area contributed by atoms with E-state index in [1.807, 2.05) is 46.4 Å². The minimum absolute atomic E-state index is 0.0864. The van der Waals surface area contributed by atoms with Gasteiger partial charge in [-0.2, -0.15) is 0 Å². The highest BCUT2D eigenvalue weighted by Crippen LogP contribution is 2.24. The monoisotopic (exact) mass is 340 g/mol. The number of anilines is 1. The average molecular weight is 340 g/mol. The highest BCUT2D eigenvalue weighted by Gasteiger charge is 2.23. The van der Waals surface area contributed by atoms with Crippen molar-refractivity contribution in [2.45, 2.75) is 12.8 Å². The number of benzene rings is 1. The summed E-state index contributed by atoms with van der Waals surface area (Å²) in [6.07, 6.45) is 6.09. The van der Waals surface area contributed by atoms with E-state index in [1.54, 1.807) is 11.3 Å². The highest BCUT2D eigenvalue weighted by molar-refractivity contribution is 7.15. The van der Waals surface area contributed by atoms with Crippen molar-refractivity contribution in [3.8, 4) is 11.3 Å². The summed E-state index contributed by atoms with van der Waals surface area (Å²) in [5.74, 6) is 0.208. The largest absolute Gasteiger partial charge is 0.326 e. The number of aromatic nitrogens is 2. The van der Waals surface area contributed by atoms with Gasteiger partial charge in [0.05, 0.1) is 11.6 Å². The molecule has 1 saturated heterocycles. The molecule has 0 aliphatic carbocycles. The van der Waals surface area contributed by atoms with Crippen LogP contribution in [0.1, 0.15) is 12.8 Å². The normalized spacial score (nSPS) is 18.8. The van der Waals surface area contributed by atoms with E-state index in [-0.39, 0.29) is 11.8 Å². The third kappa shape index (κ3) is 3.07. The first-order valence-corrected chi connectivity index (χ1v) is 9.09. The van der Waals surface area contributed by atoms with Crippen molar-refractivity contribution in [3.63, 3.8) is 0 Å². The first-order chi connectivity index (χ1) is 11.7. The summed E-state index contributed by atoms with van der Waals surface area (Å²) in [6.45, 7) is 1.93. The van der Waals surface area contributed by atoms with E-state index < -0.39 is 0 Å². The molecule has 0 spiro atoms. The number of nitrogens with zero attached hydrogens (tertiary/aromatic N) is 3. The topological polar surface area (TPSA) is 49.6 Å². The van der Waals surface area contributed by atoms with Crippen LogP contribution in [0, 0.1) is 5.92 Å². The number of rotatable bonds is 3. The number of piperidine rings is 1. The van der Waals surface area contributed by atoms with Gasteiger partial charge in [0.25, 0.3) is 0 Å². The minimum Gasteiger partial charge on any atom is -0.326 e. The van der Waals surface area contributed by atoms with Crippen LogP contribution in [0.5, 0.6) is 0 Å². The Balaban J connectivity index is 1.45. The predicted molar refractivity (Wildman–Crippen MR) is 97.4 cm³/mol. The highest BCUT2D eigenvalue weighted by atomic mass is 32.1. The molecule has 1 aliphatic rings. The average Bonchev–Trinajstić information content (AvgIpc) is 3.17. The zero-order valence-electron chi connectivity index (χ0n) is 13.6. The molecule has 3 heterocycles. The molecule has 4 rings (SSSR count). The van der Waals surface area contributed by atoms with Crippen molar-refractivity contribution in [2.75, 3.05) is 25.5 Å². The van der Waals surface area contributed by atoms with Gasteiger partial charge in [-0.15, -0.1) is 11.3 Å². The molecule has 1 atom stereocenters. The number of thiazole rings is 1. The fourth-order valence-electron chi connectivity index (χ4n) is 3.22. The Morgan fingerprint density at radius 2 is 2.17 bits per heavy atom. The molecule has 0 bridgehead atoms. The standard InChI is InChI=1S/C18H20N4OS/c1-21-8-2-3-14(11-21)17(23)19-15-6-4-13(5-7-15)16-12-22-9-10-24-18(22)20-16/h4-7,9-10,12,14H,2-3,8,11H2,1H3,(H,19,23). The van der Waals surface area contributed by atoms with Crippen molar-refractivity contribution < 1.29 is 4.79 Å². The molecule has 1 aromatic carbocycles. The molecule has 0 saturated carbocycles. The lowest BCUT2D eigenvalue weighted by Gasteiger charge is -2.28. The number of likely N-dealkylation sites (tertiary alicyclic amines) is 1. The van der Waals surface area contributed by atoms with E-state index in [9.17, 15) is 4.79 Å². The SMILES string of the molecule is CN1CCCC(C(=O)Nc2ccc(-c3cn4ccsc4n3)cc2)C1. The van der Waals surface area contributed by atoms with E-state index in [1.165, 1.54) is 0 Å². The number of hydrogen-bond donors (Lipinski definition) is 1. The molecule has 1 N–H and O–H groups in total. The number of carbonyl (C=O) groups excluding carboxylic acids is 1. The van der Waals surface area contributed by atoms with Crippen molar-refractivity contribution in [3.05, 3.63) is 42.0 Å². The van der Waals surface area contributed by atoms with Crippen LogP contribution in [0.2, 0.25) is 0 Å². The smallest absolute Gasteiger partial charge is 0.228 e. The maximum absolute atomic E-state index is 12.4. The fraction of sp³-hybridized carbons (Fsp3) is 0.333. The summed E-state index contributed by atoms with van der Waals surface area (Å²) >= 11 is 1.62. The van der Waals surface area contributed by atoms with Crippen LogP contribution in [-0.4, -0.2) is 40.3 Å². The second-order valence-corrected chi connectivity index (χ2v) is 7.26. The van der Waals surface area contributed by atoms with Crippen molar-refractivity contribution in [2.24, 2.45) is 5.92 Å². The molecular formula is C18H20N4OS. The zero-order valence-corrected chi connectivity index (χ0v) is 14.4. The molecule has 1 fully saturated rings. The second kappa shape index (κ2) is 6.37. The van der Waals surface area contributed by atoms with Gasteiger partial charge in [-0.05, 0) is 38.6 Å². The maximum Gasteiger partial charge on any atom is 0.228 e. The molecule has 124 valence electrons. The molecular weight excluding hydrogens is 320 g/mol. The van der Waals surface area contributed by atoms with Gasteiger partial charge in [0, 0.05) is 35.6 Å². The molecule has 1 aliphatic heterocycles. The first kappa shape index (κ1) is 15.4. The predicted octanol–water partition coefficient (Wildman–Crippen LogP) is 3.34. The molecule has 24 heavy (non-hydrogen) atoms. The summed E-state index contributed by atoms with van der Waals surface area (Å²) < 4.78 is 2.02. The Labute approximate surface area is 144 Å². The molecule has 0 radical (unpaired) electrons. The van der Waals surface area contributed by atoms with Crippen molar-refractivity contribution in [1.82, 2.24) is 14.3 Å². The van der Waals surface area contributed by atoms with Gasteiger partial charge in [-0.3, -0.25) is 9.20 Å². The van der Waals surface area contributed by atoms with Crippen LogP contribution in [0.15, 0.2) is 42.0 Å². The quantitative estimate of drug-likeness (QED) is 0.795. The Hall–Kier alpha value is -2.18. The summed E-state index contributed by atoms with van der Waals surface area (Å²) in [6, 6.07) is 7.92. The Bertz CT molecular complexity index is 823. The van der Waals surface area contributed by atoms with E-state index in [0.29, 0.717) is 0 Å². The summed E-state index contributed by atoms with van der Waals surface area (Å²) in [5.41, 5.74) is 2.85. The molecule has 5 nitrogen and oxygen atoms in total. The minimum atomic E-state index is 0.0864. The fourth-order valence-corrected chi connectivity index (χ4v) is 3.92. The van der Waals surface area contributed by atoms with E-state index in [0.717, 1.165) is 47.8 Å². The number of imidazole rings is 1. The van der Waals surface area contributed by atoms with Gasteiger partial charge in [0.1, 0.15) is 0 Å². The molecule has 3 aromatic rings. The summed E-state index contributed by atoms with van der Waals surface area (Å²) in [7, 11) is 2.07. The maximum atomic E-state index is 12.4. The number of carbonyl (C=O) groups is 1. The molecule has 1 unspecified atom stereocenters. The van der Waals surface area contributed by atoms with Crippen molar-refractivity contribution in [1.29, 1.82) is 0 Å². The van der Waals surface area contributed by atoms with Crippen LogP contribution >= 0.6 is 11.3 Å². The van der Waals surface area contributed by atoms with E-state index >= 15 is 0 Å². The first-order valence-electron chi connectivity index (χ1n) is 8.21. The lowest BCUT2D eigenvalue weighted by molar-refractivity contribution is -0.121.